The van der Waals surface area contributed by atoms with Gasteiger partial charge >= 0.3 is 6.18 Å². The Morgan fingerprint density at radius 3 is 2.67 bits per heavy atom. The van der Waals surface area contributed by atoms with Gasteiger partial charge in [0.05, 0.1) is 5.56 Å². The van der Waals surface area contributed by atoms with Crippen molar-refractivity contribution in [1.29, 1.82) is 0 Å². The molecule has 1 aromatic heterocycles. The highest BCUT2D eigenvalue weighted by Gasteiger charge is 2.29. The molecule has 0 aliphatic carbocycles. The lowest BCUT2D eigenvalue weighted by molar-refractivity contribution is -0.137. The standard InChI is InChI=1S/C18H20F3N3OS.ClH/c19-18(20,21)14-4-1-12(2-5-14)9-15-11-23-17(26-15)24-16(25)6-3-13-7-8-22-10-13;/h1-2,4-5,11,13,22H,3,6-10H2,(H,23,24,25);1H. The molecule has 4 nitrogen and oxygen atoms in total. The quantitative estimate of drug-likeness (QED) is 0.724. The van der Waals surface area contributed by atoms with E-state index < -0.39 is 11.7 Å². The molecule has 1 aromatic carbocycles. The van der Waals surface area contributed by atoms with Gasteiger partial charge in [-0.05, 0) is 49.5 Å². The number of hydrogen-bond donors (Lipinski definition) is 2. The van der Waals surface area contributed by atoms with Crippen molar-refractivity contribution >= 4 is 34.8 Å². The van der Waals surface area contributed by atoms with Crippen LogP contribution in [0.3, 0.4) is 0 Å². The maximum atomic E-state index is 12.6. The van der Waals surface area contributed by atoms with Crippen LogP contribution in [0.15, 0.2) is 30.5 Å². The predicted octanol–water partition coefficient (Wildman–Crippen LogP) is 4.50. The van der Waals surface area contributed by atoms with E-state index in [9.17, 15) is 18.0 Å². The van der Waals surface area contributed by atoms with E-state index in [-0.39, 0.29) is 18.3 Å². The third-order valence-electron chi connectivity index (χ3n) is 4.40. The van der Waals surface area contributed by atoms with Gasteiger partial charge < -0.3 is 10.6 Å². The molecule has 3 rings (SSSR count). The second-order valence-corrected chi connectivity index (χ2v) is 7.56. The van der Waals surface area contributed by atoms with Gasteiger partial charge in [0.15, 0.2) is 5.13 Å². The van der Waals surface area contributed by atoms with Gasteiger partial charge in [-0.15, -0.1) is 23.7 Å². The monoisotopic (exact) mass is 419 g/mol. The maximum Gasteiger partial charge on any atom is 0.416 e. The smallest absolute Gasteiger partial charge is 0.316 e. The molecule has 0 saturated carbocycles. The lowest BCUT2D eigenvalue weighted by Gasteiger charge is -2.07. The molecule has 9 heteroatoms. The van der Waals surface area contributed by atoms with Crippen LogP contribution in [0.25, 0.3) is 0 Å². The molecule has 2 aromatic rings. The zero-order valence-corrected chi connectivity index (χ0v) is 16.1. The lowest BCUT2D eigenvalue weighted by atomic mass is 10.0. The van der Waals surface area contributed by atoms with Crippen molar-refractivity contribution in [1.82, 2.24) is 10.3 Å². The van der Waals surface area contributed by atoms with Crippen LogP contribution >= 0.6 is 23.7 Å². The molecule has 1 saturated heterocycles. The van der Waals surface area contributed by atoms with E-state index in [1.54, 1.807) is 6.20 Å². The Hall–Kier alpha value is -1.64. The van der Waals surface area contributed by atoms with E-state index in [0.29, 0.717) is 23.9 Å². The SMILES string of the molecule is Cl.O=C(CCC1CCNC1)Nc1ncc(Cc2ccc(C(F)(F)F)cc2)s1. The molecule has 2 heterocycles. The first-order valence-electron chi connectivity index (χ1n) is 8.51. The molecule has 0 radical (unpaired) electrons. The van der Waals surface area contributed by atoms with Crippen molar-refractivity contribution in [2.75, 3.05) is 18.4 Å². The summed E-state index contributed by atoms with van der Waals surface area (Å²) in [6.45, 7) is 1.99. The molecule has 1 aliphatic rings. The second kappa shape index (κ2) is 9.52. The van der Waals surface area contributed by atoms with E-state index in [4.69, 9.17) is 0 Å². The van der Waals surface area contributed by atoms with Crippen LogP contribution in [0.2, 0.25) is 0 Å². The molecule has 1 fully saturated rings. The van der Waals surface area contributed by atoms with Crippen LogP contribution in [0.5, 0.6) is 0 Å². The molecule has 1 atom stereocenters. The average Bonchev–Trinajstić information content (AvgIpc) is 3.25. The minimum Gasteiger partial charge on any atom is -0.316 e. The minimum atomic E-state index is -4.32. The predicted molar refractivity (Wildman–Crippen MR) is 102 cm³/mol. The van der Waals surface area contributed by atoms with E-state index >= 15 is 0 Å². The number of carbonyl (C=O) groups is 1. The third kappa shape index (κ3) is 6.48. The number of nitrogens with zero attached hydrogens (tertiary/aromatic N) is 1. The second-order valence-electron chi connectivity index (χ2n) is 6.45. The van der Waals surface area contributed by atoms with Crippen LogP contribution in [0.4, 0.5) is 18.3 Å². The summed E-state index contributed by atoms with van der Waals surface area (Å²) in [5.41, 5.74) is 0.115. The van der Waals surface area contributed by atoms with Crippen molar-refractivity contribution in [2.45, 2.75) is 31.9 Å². The molecule has 1 aliphatic heterocycles. The Balaban J connectivity index is 0.00000261. The number of anilines is 1. The zero-order chi connectivity index (χ0) is 18.6. The summed E-state index contributed by atoms with van der Waals surface area (Å²) in [4.78, 5) is 17.1. The summed E-state index contributed by atoms with van der Waals surface area (Å²) in [6, 6.07) is 5.10. The minimum absolute atomic E-state index is 0. The molecule has 1 unspecified atom stereocenters. The van der Waals surface area contributed by atoms with Gasteiger partial charge in [-0.2, -0.15) is 13.2 Å². The van der Waals surface area contributed by atoms with Gasteiger partial charge in [-0.25, -0.2) is 4.98 Å². The Labute approximate surface area is 166 Å². The molecular formula is C18H21ClF3N3OS. The number of benzene rings is 1. The topological polar surface area (TPSA) is 54.0 Å². The number of aromatic nitrogens is 1. The first kappa shape index (κ1) is 21.7. The summed E-state index contributed by atoms with van der Waals surface area (Å²) >= 11 is 1.35. The average molecular weight is 420 g/mol. The number of nitrogens with one attached hydrogen (secondary N) is 2. The molecule has 0 spiro atoms. The van der Waals surface area contributed by atoms with E-state index in [1.807, 2.05) is 0 Å². The summed E-state index contributed by atoms with van der Waals surface area (Å²) in [6.07, 6.45) is 0.262. The van der Waals surface area contributed by atoms with Crippen molar-refractivity contribution in [3.8, 4) is 0 Å². The van der Waals surface area contributed by atoms with Crippen LogP contribution in [0, 0.1) is 5.92 Å². The van der Waals surface area contributed by atoms with Gasteiger partial charge in [-0.3, -0.25) is 4.79 Å². The highest BCUT2D eigenvalue weighted by molar-refractivity contribution is 7.15. The highest BCUT2D eigenvalue weighted by Crippen LogP contribution is 2.30. The lowest BCUT2D eigenvalue weighted by Crippen LogP contribution is -2.14. The van der Waals surface area contributed by atoms with Crippen molar-refractivity contribution in [2.24, 2.45) is 5.92 Å². The van der Waals surface area contributed by atoms with Gasteiger partial charge in [0, 0.05) is 23.9 Å². The van der Waals surface area contributed by atoms with Crippen LogP contribution < -0.4 is 10.6 Å². The van der Waals surface area contributed by atoms with E-state index in [1.165, 1.54) is 23.5 Å². The summed E-state index contributed by atoms with van der Waals surface area (Å²) in [5, 5.41) is 6.61. The van der Waals surface area contributed by atoms with Crippen LogP contribution in [-0.2, 0) is 17.4 Å². The van der Waals surface area contributed by atoms with Gasteiger partial charge in [0.25, 0.3) is 0 Å². The molecule has 1 amide bonds. The number of halogens is 4. The normalized spacial score (nSPS) is 16.8. The number of amides is 1. The molecular weight excluding hydrogens is 399 g/mol. The maximum absolute atomic E-state index is 12.6. The zero-order valence-electron chi connectivity index (χ0n) is 14.5. The molecule has 0 bridgehead atoms. The fourth-order valence-corrected chi connectivity index (χ4v) is 3.80. The number of carbonyl (C=O) groups excluding carboxylic acids is 1. The highest BCUT2D eigenvalue weighted by atomic mass is 35.5. The van der Waals surface area contributed by atoms with Gasteiger partial charge in [-0.1, -0.05) is 12.1 Å². The first-order chi connectivity index (χ1) is 12.4. The molecule has 148 valence electrons. The summed E-state index contributed by atoms with van der Waals surface area (Å²) in [7, 11) is 0. The Morgan fingerprint density at radius 1 is 1.30 bits per heavy atom. The number of alkyl halides is 3. The number of thiazole rings is 1. The van der Waals surface area contributed by atoms with Crippen molar-refractivity contribution < 1.29 is 18.0 Å². The van der Waals surface area contributed by atoms with Crippen molar-refractivity contribution in [3.63, 3.8) is 0 Å². The van der Waals surface area contributed by atoms with Gasteiger partial charge in [0.1, 0.15) is 0 Å². The number of hydrogen-bond acceptors (Lipinski definition) is 4. The van der Waals surface area contributed by atoms with Crippen molar-refractivity contribution in [3.05, 3.63) is 46.5 Å². The Kier molecular flexibility index (Phi) is 7.64. The van der Waals surface area contributed by atoms with Gasteiger partial charge in [0.2, 0.25) is 5.91 Å². The third-order valence-corrected chi connectivity index (χ3v) is 5.31. The molecule has 27 heavy (non-hydrogen) atoms. The number of rotatable bonds is 6. The first-order valence-corrected chi connectivity index (χ1v) is 9.33. The Morgan fingerprint density at radius 2 is 2.04 bits per heavy atom. The van der Waals surface area contributed by atoms with Crippen LogP contribution in [0.1, 0.15) is 35.3 Å². The molecule has 2 N–H and O–H groups in total. The summed E-state index contributed by atoms with van der Waals surface area (Å²) in [5.74, 6) is 0.514. The van der Waals surface area contributed by atoms with E-state index in [2.05, 4.69) is 15.6 Å². The Bertz CT molecular complexity index is 743. The fourth-order valence-electron chi connectivity index (χ4n) is 2.94. The van der Waals surface area contributed by atoms with Crippen LogP contribution in [-0.4, -0.2) is 24.0 Å². The fraction of sp³-hybridized carbons (Fsp3) is 0.444. The summed E-state index contributed by atoms with van der Waals surface area (Å²) < 4.78 is 37.7. The largest absolute Gasteiger partial charge is 0.416 e. The van der Waals surface area contributed by atoms with E-state index in [0.717, 1.165) is 48.5 Å².